The van der Waals surface area contributed by atoms with Gasteiger partial charge in [-0.2, -0.15) is 0 Å². The smallest absolute Gasteiger partial charge is 0.193 e. The van der Waals surface area contributed by atoms with Gasteiger partial charge in [0.15, 0.2) is 5.96 Å². The lowest BCUT2D eigenvalue weighted by atomic mass is 10.1. The first-order chi connectivity index (χ1) is 12.3. The number of ether oxygens (including phenoxy) is 2. The van der Waals surface area contributed by atoms with Crippen LogP contribution < -0.4 is 5.32 Å². The van der Waals surface area contributed by atoms with Crippen molar-refractivity contribution in [2.24, 2.45) is 10.9 Å². The lowest BCUT2D eigenvalue weighted by Crippen LogP contribution is -2.42. The number of aliphatic imine (C=N–C) groups is 1. The summed E-state index contributed by atoms with van der Waals surface area (Å²) >= 11 is 0. The average molecular weight is 478 g/mol. The molecular weight excluding hydrogens is 443 g/mol. The van der Waals surface area contributed by atoms with Crippen molar-refractivity contribution in [1.29, 1.82) is 0 Å². The van der Waals surface area contributed by atoms with Crippen molar-refractivity contribution in [1.82, 2.24) is 15.1 Å². The van der Waals surface area contributed by atoms with Crippen LogP contribution >= 0.6 is 24.0 Å². The summed E-state index contributed by atoms with van der Waals surface area (Å²) < 4.78 is 10.8. The van der Waals surface area contributed by atoms with Gasteiger partial charge in [0, 0.05) is 45.8 Å². The molecule has 0 aliphatic carbocycles. The third-order valence-electron chi connectivity index (χ3n) is 5.29. The van der Waals surface area contributed by atoms with Crippen LogP contribution in [0.3, 0.4) is 0 Å². The Morgan fingerprint density at radius 1 is 1.23 bits per heavy atom. The zero-order chi connectivity index (χ0) is 17.3. The van der Waals surface area contributed by atoms with E-state index in [1.54, 1.807) is 0 Å². The monoisotopic (exact) mass is 478 g/mol. The Morgan fingerprint density at radius 2 is 2.08 bits per heavy atom. The number of rotatable bonds is 6. The Hall–Kier alpha value is -0.380. The highest BCUT2D eigenvalue weighted by Crippen LogP contribution is 2.18. The van der Waals surface area contributed by atoms with Crippen molar-refractivity contribution in [3.05, 3.63) is 11.6 Å². The minimum Gasteiger partial charge on any atom is -0.379 e. The lowest BCUT2D eigenvalue weighted by molar-refractivity contribution is 0.0315. The van der Waals surface area contributed by atoms with Gasteiger partial charge in [0.25, 0.3) is 0 Å². The van der Waals surface area contributed by atoms with E-state index in [0.717, 1.165) is 90.4 Å². The predicted molar refractivity (Wildman–Crippen MR) is 116 cm³/mol. The van der Waals surface area contributed by atoms with Crippen LogP contribution in [0.1, 0.15) is 26.2 Å². The number of hydrogen-bond acceptors (Lipinski definition) is 4. The SMILES string of the molecule is CCNC(=NCCC1=CCOCC1)N1CCC(CN2CCOCC2)C1.I. The lowest BCUT2D eigenvalue weighted by Gasteiger charge is -2.29. The first-order valence-corrected chi connectivity index (χ1v) is 9.94. The zero-order valence-electron chi connectivity index (χ0n) is 16.1. The van der Waals surface area contributed by atoms with Crippen molar-refractivity contribution in [3.63, 3.8) is 0 Å². The van der Waals surface area contributed by atoms with Crippen molar-refractivity contribution in [3.8, 4) is 0 Å². The molecule has 1 unspecified atom stereocenters. The highest BCUT2D eigenvalue weighted by Gasteiger charge is 2.27. The van der Waals surface area contributed by atoms with Crippen molar-refractivity contribution >= 4 is 29.9 Å². The van der Waals surface area contributed by atoms with Gasteiger partial charge in [-0.15, -0.1) is 24.0 Å². The fraction of sp³-hybridized carbons (Fsp3) is 0.842. The molecule has 1 atom stereocenters. The third-order valence-corrected chi connectivity index (χ3v) is 5.29. The highest BCUT2D eigenvalue weighted by molar-refractivity contribution is 14.0. The van der Waals surface area contributed by atoms with E-state index in [1.165, 1.54) is 18.5 Å². The number of halogens is 1. The second-order valence-corrected chi connectivity index (χ2v) is 7.19. The molecule has 3 aliphatic heterocycles. The molecule has 0 bridgehead atoms. The van der Waals surface area contributed by atoms with Gasteiger partial charge in [-0.3, -0.25) is 9.89 Å². The summed E-state index contributed by atoms with van der Waals surface area (Å²) in [5, 5.41) is 3.48. The normalized spacial score (nSPS) is 25.0. The Labute approximate surface area is 175 Å². The van der Waals surface area contributed by atoms with Crippen LogP contribution in [0.25, 0.3) is 0 Å². The number of nitrogens with one attached hydrogen (secondary N) is 1. The molecule has 2 fully saturated rings. The number of likely N-dealkylation sites (tertiary alicyclic amines) is 1. The van der Waals surface area contributed by atoms with Crippen LogP contribution in [0.4, 0.5) is 0 Å². The van der Waals surface area contributed by atoms with Crippen LogP contribution in [0.15, 0.2) is 16.6 Å². The van der Waals surface area contributed by atoms with E-state index in [0.29, 0.717) is 0 Å². The zero-order valence-corrected chi connectivity index (χ0v) is 18.5. The van der Waals surface area contributed by atoms with Crippen molar-refractivity contribution in [2.45, 2.75) is 26.2 Å². The number of nitrogens with zero attached hydrogens (tertiary/aromatic N) is 3. The summed E-state index contributed by atoms with van der Waals surface area (Å²) in [5.74, 6) is 1.85. The fourth-order valence-electron chi connectivity index (χ4n) is 3.85. The standard InChI is InChI=1S/C19H34N4O2.HI/c1-2-20-19(21-7-3-17-5-11-24-12-6-17)23-8-4-18(16-23)15-22-9-13-25-14-10-22;/h5,18H,2-4,6-16H2,1H3,(H,20,21);1H. The summed E-state index contributed by atoms with van der Waals surface area (Å²) in [7, 11) is 0. The fourth-order valence-corrected chi connectivity index (χ4v) is 3.85. The second-order valence-electron chi connectivity index (χ2n) is 7.19. The molecule has 0 aromatic heterocycles. The molecule has 3 heterocycles. The number of hydrogen-bond donors (Lipinski definition) is 1. The Balaban J connectivity index is 0.00000243. The van der Waals surface area contributed by atoms with Gasteiger partial charge in [-0.05, 0) is 32.1 Å². The van der Waals surface area contributed by atoms with Gasteiger partial charge in [-0.1, -0.05) is 11.6 Å². The van der Waals surface area contributed by atoms with Gasteiger partial charge in [0.05, 0.1) is 26.4 Å². The van der Waals surface area contributed by atoms with Gasteiger partial charge in [0.1, 0.15) is 0 Å². The molecule has 26 heavy (non-hydrogen) atoms. The Bertz CT molecular complexity index is 466. The van der Waals surface area contributed by atoms with Gasteiger partial charge in [-0.25, -0.2) is 0 Å². The highest BCUT2D eigenvalue weighted by atomic mass is 127. The first kappa shape index (κ1) is 21.9. The van der Waals surface area contributed by atoms with Crippen LogP contribution in [0.2, 0.25) is 0 Å². The molecule has 0 saturated carbocycles. The second kappa shape index (κ2) is 12.2. The molecule has 0 amide bonds. The maximum Gasteiger partial charge on any atom is 0.193 e. The Kier molecular flexibility index (Phi) is 10.2. The van der Waals surface area contributed by atoms with E-state index < -0.39 is 0 Å². The predicted octanol–water partition coefficient (Wildman–Crippen LogP) is 1.96. The summed E-state index contributed by atoms with van der Waals surface area (Å²) in [5.41, 5.74) is 1.50. The van der Waals surface area contributed by atoms with Gasteiger partial charge < -0.3 is 19.7 Å². The summed E-state index contributed by atoms with van der Waals surface area (Å²) in [6, 6.07) is 0. The van der Waals surface area contributed by atoms with E-state index in [-0.39, 0.29) is 24.0 Å². The summed E-state index contributed by atoms with van der Waals surface area (Å²) in [6.07, 6.45) is 5.62. The minimum atomic E-state index is 0. The van der Waals surface area contributed by atoms with Crippen LogP contribution in [-0.4, -0.2) is 88.0 Å². The Morgan fingerprint density at radius 3 is 2.81 bits per heavy atom. The summed E-state index contributed by atoms with van der Waals surface area (Å²) in [6.45, 7) is 13.0. The molecule has 150 valence electrons. The van der Waals surface area contributed by atoms with E-state index in [4.69, 9.17) is 14.5 Å². The molecule has 6 nitrogen and oxygen atoms in total. The third kappa shape index (κ3) is 6.98. The van der Waals surface area contributed by atoms with E-state index >= 15 is 0 Å². The molecule has 0 aromatic carbocycles. The number of guanidine groups is 1. The molecule has 2 saturated heterocycles. The first-order valence-electron chi connectivity index (χ1n) is 9.94. The quantitative estimate of drug-likeness (QED) is 0.274. The maximum atomic E-state index is 5.46. The summed E-state index contributed by atoms with van der Waals surface area (Å²) in [4.78, 5) is 9.89. The molecule has 0 radical (unpaired) electrons. The van der Waals surface area contributed by atoms with Crippen molar-refractivity contribution in [2.75, 3.05) is 72.2 Å². The van der Waals surface area contributed by atoms with E-state index in [1.807, 2.05) is 0 Å². The van der Waals surface area contributed by atoms with Crippen molar-refractivity contribution < 1.29 is 9.47 Å². The average Bonchev–Trinajstić information content (AvgIpc) is 3.11. The van der Waals surface area contributed by atoms with Crippen LogP contribution in [0, 0.1) is 5.92 Å². The van der Waals surface area contributed by atoms with E-state index in [9.17, 15) is 0 Å². The van der Waals surface area contributed by atoms with Gasteiger partial charge in [0.2, 0.25) is 0 Å². The molecule has 7 heteroatoms. The largest absolute Gasteiger partial charge is 0.379 e. The molecule has 3 rings (SSSR count). The van der Waals surface area contributed by atoms with E-state index in [2.05, 4.69) is 28.1 Å². The van der Waals surface area contributed by atoms with Crippen LogP contribution in [-0.2, 0) is 9.47 Å². The van der Waals surface area contributed by atoms with Gasteiger partial charge >= 0.3 is 0 Å². The van der Waals surface area contributed by atoms with Crippen LogP contribution in [0.5, 0.6) is 0 Å². The molecule has 1 N–H and O–H groups in total. The molecular formula is C19H35IN4O2. The molecule has 3 aliphatic rings. The topological polar surface area (TPSA) is 49.3 Å². The maximum absolute atomic E-state index is 5.46. The molecule has 0 aromatic rings. The number of morpholine rings is 1. The minimum absolute atomic E-state index is 0. The molecule has 0 spiro atoms.